The molecule has 0 amide bonds. The van der Waals surface area contributed by atoms with Crippen LogP contribution in [-0.2, 0) is 9.47 Å². The summed E-state index contributed by atoms with van der Waals surface area (Å²) >= 11 is 0. The van der Waals surface area contributed by atoms with Crippen LogP contribution in [0, 0.1) is 0 Å². The molecule has 108 valence electrons. The van der Waals surface area contributed by atoms with Crippen molar-refractivity contribution in [3.63, 3.8) is 0 Å². The lowest BCUT2D eigenvalue weighted by molar-refractivity contribution is -0.0905. The van der Waals surface area contributed by atoms with Gasteiger partial charge in [0.1, 0.15) is 0 Å². The van der Waals surface area contributed by atoms with Crippen molar-refractivity contribution in [3.8, 4) is 0 Å². The molecule has 0 aliphatic heterocycles. The molecule has 1 rings (SSSR count). The van der Waals surface area contributed by atoms with Crippen LogP contribution in [0.1, 0.15) is 59.3 Å². The molecule has 0 unspecified atom stereocenters. The van der Waals surface area contributed by atoms with Crippen LogP contribution in [0.5, 0.6) is 0 Å². The molecule has 0 heterocycles. The number of rotatable bonds is 8. The standard InChI is InChI=1S/C15H31NO2/c1-5-16-13-15(9-7-6-8-10-15)18-12-11-14(2,3)17-4/h16H,5-13H2,1-4H3. The molecule has 1 N–H and O–H groups in total. The Morgan fingerprint density at radius 2 is 1.83 bits per heavy atom. The molecule has 0 aromatic heterocycles. The Morgan fingerprint density at radius 1 is 1.17 bits per heavy atom. The summed E-state index contributed by atoms with van der Waals surface area (Å²) < 4.78 is 11.7. The van der Waals surface area contributed by atoms with E-state index in [2.05, 4.69) is 26.1 Å². The molecule has 0 aromatic carbocycles. The molecule has 0 bridgehead atoms. The SMILES string of the molecule is CCNCC1(OCCC(C)(C)OC)CCCCC1. The molecular formula is C15H31NO2. The van der Waals surface area contributed by atoms with Gasteiger partial charge in [-0.1, -0.05) is 26.2 Å². The van der Waals surface area contributed by atoms with Gasteiger partial charge < -0.3 is 14.8 Å². The van der Waals surface area contributed by atoms with E-state index in [0.717, 1.165) is 26.1 Å². The fourth-order valence-corrected chi connectivity index (χ4v) is 2.54. The first-order valence-corrected chi connectivity index (χ1v) is 7.43. The van der Waals surface area contributed by atoms with Crippen molar-refractivity contribution in [2.24, 2.45) is 0 Å². The van der Waals surface area contributed by atoms with Gasteiger partial charge in [-0.2, -0.15) is 0 Å². The van der Waals surface area contributed by atoms with Crippen LogP contribution in [0.2, 0.25) is 0 Å². The smallest absolute Gasteiger partial charge is 0.0806 e. The van der Waals surface area contributed by atoms with Crippen molar-refractivity contribution in [1.82, 2.24) is 5.32 Å². The van der Waals surface area contributed by atoms with Gasteiger partial charge in [0.05, 0.1) is 17.8 Å². The van der Waals surface area contributed by atoms with Crippen LogP contribution in [-0.4, -0.2) is 38.0 Å². The van der Waals surface area contributed by atoms with E-state index in [4.69, 9.17) is 9.47 Å². The molecule has 18 heavy (non-hydrogen) atoms. The quantitative estimate of drug-likeness (QED) is 0.724. The van der Waals surface area contributed by atoms with Gasteiger partial charge in [-0.3, -0.25) is 0 Å². The zero-order chi connectivity index (χ0) is 13.5. The van der Waals surface area contributed by atoms with Crippen LogP contribution in [0.25, 0.3) is 0 Å². The molecule has 0 saturated heterocycles. The molecule has 3 nitrogen and oxygen atoms in total. The van der Waals surface area contributed by atoms with Gasteiger partial charge in [-0.05, 0) is 39.7 Å². The predicted octanol–water partition coefficient (Wildman–Crippen LogP) is 3.13. The van der Waals surface area contributed by atoms with Crippen molar-refractivity contribution >= 4 is 0 Å². The summed E-state index contributed by atoms with van der Waals surface area (Å²) in [7, 11) is 1.77. The van der Waals surface area contributed by atoms with E-state index in [1.165, 1.54) is 32.1 Å². The summed E-state index contributed by atoms with van der Waals surface area (Å²) in [6, 6.07) is 0. The van der Waals surface area contributed by atoms with E-state index < -0.39 is 0 Å². The molecule has 0 radical (unpaired) electrons. The third kappa shape index (κ3) is 5.25. The van der Waals surface area contributed by atoms with E-state index in [-0.39, 0.29) is 11.2 Å². The van der Waals surface area contributed by atoms with E-state index >= 15 is 0 Å². The fourth-order valence-electron chi connectivity index (χ4n) is 2.54. The summed E-state index contributed by atoms with van der Waals surface area (Å²) in [5.41, 5.74) is 0.00607. The average molecular weight is 257 g/mol. The molecule has 1 fully saturated rings. The van der Waals surface area contributed by atoms with Gasteiger partial charge >= 0.3 is 0 Å². The van der Waals surface area contributed by atoms with E-state index in [0.29, 0.717) is 0 Å². The third-order valence-electron chi connectivity index (χ3n) is 4.13. The number of likely N-dealkylation sites (N-methyl/N-ethyl adjacent to an activating group) is 1. The molecule has 0 atom stereocenters. The Labute approximate surface area is 113 Å². The van der Waals surface area contributed by atoms with Gasteiger partial charge in [0, 0.05) is 13.7 Å². The second-order valence-electron chi connectivity index (χ2n) is 6.09. The highest BCUT2D eigenvalue weighted by atomic mass is 16.5. The minimum atomic E-state index is -0.0754. The molecule has 0 spiro atoms. The highest BCUT2D eigenvalue weighted by Gasteiger charge is 2.33. The number of hydrogen-bond donors (Lipinski definition) is 1. The van der Waals surface area contributed by atoms with Crippen LogP contribution >= 0.6 is 0 Å². The fraction of sp³-hybridized carbons (Fsp3) is 1.00. The maximum atomic E-state index is 6.27. The zero-order valence-electron chi connectivity index (χ0n) is 12.7. The lowest BCUT2D eigenvalue weighted by Crippen LogP contribution is -2.45. The maximum Gasteiger partial charge on any atom is 0.0806 e. The minimum Gasteiger partial charge on any atom is -0.379 e. The number of nitrogens with one attached hydrogen (secondary N) is 1. The molecule has 1 aliphatic rings. The summed E-state index contributed by atoms with van der Waals surface area (Å²) in [6.45, 7) is 9.21. The van der Waals surface area contributed by atoms with Gasteiger partial charge in [-0.15, -0.1) is 0 Å². The van der Waals surface area contributed by atoms with Crippen molar-refractivity contribution in [3.05, 3.63) is 0 Å². The highest BCUT2D eigenvalue weighted by molar-refractivity contribution is 4.87. The van der Waals surface area contributed by atoms with Crippen molar-refractivity contribution in [1.29, 1.82) is 0 Å². The van der Waals surface area contributed by atoms with Gasteiger partial charge in [-0.25, -0.2) is 0 Å². The molecule has 1 saturated carbocycles. The van der Waals surface area contributed by atoms with Gasteiger partial charge in [0.2, 0.25) is 0 Å². The largest absolute Gasteiger partial charge is 0.379 e. The second kappa shape index (κ2) is 7.46. The van der Waals surface area contributed by atoms with E-state index in [9.17, 15) is 0 Å². The average Bonchev–Trinajstić information content (AvgIpc) is 2.37. The highest BCUT2D eigenvalue weighted by Crippen LogP contribution is 2.31. The van der Waals surface area contributed by atoms with Gasteiger partial charge in [0.25, 0.3) is 0 Å². The maximum absolute atomic E-state index is 6.27. The molecular weight excluding hydrogens is 226 g/mol. The van der Waals surface area contributed by atoms with E-state index in [1.54, 1.807) is 7.11 Å². The molecule has 0 aromatic rings. The van der Waals surface area contributed by atoms with Crippen LogP contribution in [0.3, 0.4) is 0 Å². The zero-order valence-corrected chi connectivity index (χ0v) is 12.7. The predicted molar refractivity (Wildman–Crippen MR) is 76.0 cm³/mol. The number of hydrogen-bond acceptors (Lipinski definition) is 3. The summed E-state index contributed by atoms with van der Waals surface area (Å²) in [4.78, 5) is 0. The first-order chi connectivity index (χ1) is 8.54. The third-order valence-corrected chi connectivity index (χ3v) is 4.13. The van der Waals surface area contributed by atoms with Crippen LogP contribution in [0.15, 0.2) is 0 Å². The second-order valence-corrected chi connectivity index (χ2v) is 6.09. The lowest BCUT2D eigenvalue weighted by Gasteiger charge is -2.38. The first kappa shape index (κ1) is 15.9. The summed E-state index contributed by atoms with van der Waals surface area (Å²) in [5, 5.41) is 3.46. The lowest BCUT2D eigenvalue weighted by atomic mass is 9.84. The number of methoxy groups -OCH3 is 1. The topological polar surface area (TPSA) is 30.5 Å². The Bertz CT molecular complexity index is 223. The Balaban J connectivity index is 2.41. The van der Waals surface area contributed by atoms with Crippen LogP contribution in [0.4, 0.5) is 0 Å². The Kier molecular flexibility index (Phi) is 6.61. The normalized spacial score (nSPS) is 20.0. The van der Waals surface area contributed by atoms with Crippen molar-refractivity contribution in [2.45, 2.75) is 70.5 Å². The van der Waals surface area contributed by atoms with Crippen LogP contribution < -0.4 is 5.32 Å². The Morgan fingerprint density at radius 3 is 2.39 bits per heavy atom. The van der Waals surface area contributed by atoms with Crippen molar-refractivity contribution in [2.75, 3.05) is 26.8 Å². The molecule has 3 heteroatoms. The monoisotopic (exact) mass is 257 g/mol. The summed E-state index contributed by atoms with van der Waals surface area (Å²) in [5.74, 6) is 0. The van der Waals surface area contributed by atoms with E-state index in [1.807, 2.05) is 0 Å². The molecule has 1 aliphatic carbocycles. The Hall–Kier alpha value is -0.120. The van der Waals surface area contributed by atoms with Crippen molar-refractivity contribution < 1.29 is 9.47 Å². The minimum absolute atomic E-state index is 0.0754. The van der Waals surface area contributed by atoms with Gasteiger partial charge in [0.15, 0.2) is 0 Å². The first-order valence-electron chi connectivity index (χ1n) is 7.43. The summed E-state index contributed by atoms with van der Waals surface area (Å²) in [6.07, 6.45) is 7.33. The number of ether oxygens (including phenoxy) is 2.